The summed E-state index contributed by atoms with van der Waals surface area (Å²) >= 11 is -2.31. The second-order valence-corrected chi connectivity index (χ2v) is 6.44. The van der Waals surface area contributed by atoms with Gasteiger partial charge in [-0.3, -0.25) is 0 Å². The first kappa shape index (κ1) is 16.8. The molecular weight excluding hydrogens is 306 g/mol. The molecule has 0 N–H and O–H groups in total. The van der Waals surface area contributed by atoms with Crippen LogP contribution in [0.3, 0.4) is 0 Å². The molecular formula is C17H18F2O2S. The highest BCUT2D eigenvalue weighted by molar-refractivity contribution is 7.92. The van der Waals surface area contributed by atoms with E-state index in [0.717, 1.165) is 5.75 Å². The molecule has 2 aromatic carbocycles. The molecule has 0 heterocycles. The van der Waals surface area contributed by atoms with E-state index in [1.807, 2.05) is 30.3 Å². The number of para-hydroxylation sites is 1. The summed E-state index contributed by atoms with van der Waals surface area (Å²) in [6.07, 6.45) is 0.349. The fourth-order valence-electron chi connectivity index (χ4n) is 1.95. The van der Waals surface area contributed by atoms with Crippen LogP contribution in [0.5, 0.6) is 5.75 Å². The zero-order valence-electron chi connectivity index (χ0n) is 12.1. The Balaban J connectivity index is 1.73. The van der Waals surface area contributed by atoms with Crippen molar-refractivity contribution in [3.63, 3.8) is 0 Å². The molecule has 0 radical (unpaired) electrons. The van der Waals surface area contributed by atoms with Crippen LogP contribution in [0.2, 0.25) is 0 Å². The van der Waals surface area contributed by atoms with Gasteiger partial charge in [-0.1, -0.05) is 36.4 Å². The maximum atomic E-state index is 13.9. The fraction of sp³-hybridized carbons (Fsp3) is 0.294. The summed E-state index contributed by atoms with van der Waals surface area (Å²) in [7, 11) is 0. The predicted octanol–water partition coefficient (Wildman–Crippen LogP) is 4.64. The summed E-state index contributed by atoms with van der Waals surface area (Å²) in [5, 5.41) is -3.21. The van der Waals surface area contributed by atoms with E-state index in [9.17, 15) is 13.3 Å². The summed E-state index contributed by atoms with van der Waals surface area (Å²) in [6, 6.07) is 17.1. The Morgan fingerprint density at radius 2 is 1.50 bits per heavy atom. The van der Waals surface area contributed by atoms with Gasteiger partial charge in [-0.05, 0) is 37.1 Å². The van der Waals surface area contributed by atoms with Crippen molar-refractivity contribution in [3.05, 3.63) is 60.7 Å². The lowest BCUT2D eigenvalue weighted by atomic mass is 10.2. The second-order valence-electron chi connectivity index (χ2n) is 4.84. The standard InChI is InChI=1S/C17H18F2O2S/c18-17(19,22(20)16-11-5-2-6-12-16)13-7-8-14-21-15-9-3-1-4-10-15/h1-6,9-12H,7-8,13-14H2. The monoisotopic (exact) mass is 324 g/mol. The number of alkyl halides is 2. The third-order valence-corrected chi connectivity index (χ3v) is 4.55. The predicted molar refractivity (Wildman–Crippen MR) is 83.6 cm³/mol. The van der Waals surface area contributed by atoms with Gasteiger partial charge in [-0.25, -0.2) is 0 Å². The Bertz CT molecular complexity index is 549. The molecule has 0 saturated heterocycles. The molecule has 2 rings (SSSR count). The Hall–Kier alpha value is -1.59. The third-order valence-electron chi connectivity index (χ3n) is 3.10. The van der Waals surface area contributed by atoms with Gasteiger partial charge in [-0.2, -0.15) is 8.78 Å². The minimum atomic E-state index is -3.21. The second kappa shape index (κ2) is 8.15. The van der Waals surface area contributed by atoms with E-state index in [4.69, 9.17) is 4.74 Å². The summed E-state index contributed by atoms with van der Waals surface area (Å²) in [5.74, 6) is 0.724. The van der Waals surface area contributed by atoms with Gasteiger partial charge in [0.15, 0.2) is 4.90 Å². The van der Waals surface area contributed by atoms with E-state index in [-0.39, 0.29) is 11.3 Å². The molecule has 0 saturated carbocycles. The van der Waals surface area contributed by atoms with E-state index in [2.05, 4.69) is 0 Å². The average molecular weight is 324 g/mol. The van der Waals surface area contributed by atoms with Crippen molar-refractivity contribution in [3.8, 4) is 5.75 Å². The molecule has 0 fully saturated rings. The first-order chi connectivity index (χ1) is 10.6. The number of hydrogen-bond acceptors (Lipinski definition) is 2. The van der Waals surface area contributed by atoms with Crippen molar-refractivity contribution in [2.24, 2.45) is 0 Å². The first-order valence-electron chi connectivity index (χ1n) is 7.12. The minimum Gasteiger partial charge on any atom is -0.607 e. The van der Waals surface area contributed by atoms with Gasteiger partial charge in [0, 0.05) is 0 Å². The van der Waals surface area contributed by atoms with E-state index in [0.29, 0.717) is 13.0 Å². The van der Waals surface area contributed by atoms with E-state index in [1.54, 1.807) is 18.2 Å². The van der Waals surface area contributed by atoms with Crippen LogP contribution < -0.4 is 4.74 Å². The lowest BCUT2D eigenvalue weighted by Crippen LogP contribution is -2.29. The molecule has 0 aliphatic heterocycles. The molecule has 22 heavy (non-hydrogen) atoms. The molecule has 1 atom stereocenters. The molecule has 2 nitrogen and oxygen atoms in total. The molecule has 1 unspecified atom stereocenters. The van der Waals surface area contributed by atoms with Gasteiger partial charge in [0.05, 0.1) is 24.2 Å². The topological polar surface area (TPSA) is 32.3 Å². The van der Waals surface area contributed by atoms with Gasteiger partial charge in [0.1, 0.15) is 5.75 Å². The SMILES string of the molecule is [O-][S+](c1ccccc1)C(F)(F)CCCCOc1ccccc1. The zero-order valence-corrected chi connectivity index (χ0v) is 12.9. The number of hydrogen-bond donors (Lipinski definition) is 0. The van der Waals surface area contributed by atoms with Crippen LogP contribution in [-0.4, -0.2) is 16.4 Å². The Labute approximate surface area is 132 Å². The molecule has 0 amide bonds. The zero-order chi connectivity index (χ0) is 15.8. The average Bonchev–Trinajstić information content (AvgIpc) is 2.55. The maximum absolute atomic E-state index is 13.9. The van der Waals surface area contributed by atoms with Crippen molar-refractivity contribution in [2.75, 3.05) is 6.61 Å². The van der Waals surface area contributed by atoms with Crippen molar-refractivity contribution in [2.45, 2.75) is 29.4 Å². The van der Waals surface area contributed by atoms with Crippen LogP contribution in [0.4, 0.5) is 8.78 Å². The van der Waals surface area contributed by atoms with Gasteiger partial charge in [0.25, 0.3) is 0 Å². The lowest BCUT2D eigenvalue weighted by Gasteiger charge is -2.20. The summed E-state index contributed by atoms with van der Waals surface area (Å²) in [4.78, 5) is 0.160. The van der Waals surface area contributed by atoms with Crippen LogP contribution in [0, 0.1) is 0 Å². The molecule has 0 aromatic heterocycles. The number of rotatable bonds is 8. The van der Waals surface area contributed by atoms with Crippen LogP contribution in [0.1, 0.15) is 19.3 Å². The van der Waals surface area contributed by atoms with Gasteiger partial charge < -0.3 is 9.29 Å². The van der Waals surface area contributed by atoms with Crippen LogP contribution >= 0.6 is 0 Å². The molecule has 5 heteroatoms. The third kappa shape index (κ3) is 5.00. The van der Waals surface area contributed by atoms with Gasteiger partial charge >= 0.3 is 5.25 Å². The molecule has 0 aliphatic carbocycles. The quantitative estimate of drug-likeness (QED) is 0.523. The molecule has 118 valence electrons. The number of halogens is 2. The Morgan fingerprint density at radius 1 is 0.909 bits per heavy atom. The summed E-state index contributed by atoms with van der Waals surface area (Å²) in [5.41, 5.74) is 0. The summed E-state index contributed by atoms with van der Waals surface area (Å²) in [6.45, 7) is 0.373. The van der Waals surface area contributed by atoms with Crippen LogP contribution in [-0.2, 0) is 11.2 Å². The van der Waals surface area contributed by atoms with Crippen molar-refractivity contribution >= 4 is 11.2 Å². The maximum Gasteiger partial charge on any atom is 0.411 e. The normalized spacial score (nSPS) is 12.9. The van der Waals surface area contributed by atoms with Crippen LogP contribution in [0.15, 0.2) is 65.6 Å². The van der Waals surface area contributed by atoms with E-state index < -0.39 is 22.9 Å². The van der Waals surface area contributed by atoms with Crippen LogP contribution in [0.25, 0.3) is 0 Å². The largest absolute Gasteiger partial charge is 0.607 e. The first-order valence-corrected chi connectivity index (χ1v) is 8.27. The highest BCUT2D eigenvalue weighted by atomic mass is 32.2. The van der Waals surface area contributed by atoms with E-state index in [1.165, 1.54) is 12.1 Å². The Morgan fingerprint density at radius 3 is 2.14 bits per heavy atom. The van der Waals surface area contributed by atoms with Crippen molar-refractivity contribution in [1.82, 2.24) is 0 Å². The molecule has 0 bridgehead atoms. The van der Waals surface area contributed by atoms with Gasteiger partial charge in [-0.15, -0.1) is 0 Å². The molecule has 0 aliphatic rings. The Kier molecular flexibility index (Phi) is 6.21. The van der Waals surface area contributed by atoms with Crippen molar-refractivity contribution in [1.29, 1.82) is 0 Å². The number of benzene rings is 2. The smallest absolute Gasteiger partial charge is 0.411 e. The number of ether oxygens (including phenoxy) is 1. The van der Waals surface area contributed by atoms with Gasteiger partial charge in [0.2, 0.25) is 0 Å². The minimum absolute atomic E-state index is 0.160. The number of unbranched alkanes of at least 4 members (excludes halogenated alkanes) is 1. The lowest BCUT2D eigenvalue weighted by molar-refractivity contribution is 0.0777. The summed E-state index contributed by atoms with van der Waals surface area (Å²) < 4.78 is 45.2. The molecule has 0 spiro atoms. The van der Waals surface area contributed by atoms with Crippen molar-refractivity contribution < 1.29 is 18.1 Å². The highest BCUT2D eigenvalue weighted by Gasteiger charge is 2.43. The van der Waals surface area contributed by atoms with E-state index >= 15 is 0 Å². The molecule has 2 aromatic rings. The fourth-order valence-corrected chi connectivity index (χ4v) is 3.03. The highest BCUT2D eigenvalue weighted by Crippen LogP contribution is 2.33.